The molecule has 1 atom stereocenters. The quantitative estimate of drug-likeness (QED) is 0.636. The van der Waals surface area contributed by atoms with Gasteiger partial charge in [-0.25, -0.2) is 4.79 Å². The highest BCUT2D eigenvalue weighted by molar-refractivity contribution is 6.00. The minimum Gasteiger partial charge on any atom is -0.462 e. The van der Waals surface area contributed by atoms with Gasteiger partial charge in [-0.15, -0.1) is 0 Å². The highest BCUT2D eigenvalue weighted by Crippen LogP contribution is 2.26. The minimum absolute atomic E-state index is 0.0469. The van der Waals surface area contributed by atoms with E-state index in [1.165, 1.54) is 12.1 Å². The third kappa shape index (κ3) is 5.72. The third-order valence-electron chi connectivity index (χ3n) is 5.14. The van der Waals surface area contributed by atoms with Gasteiger partial charge >= 0.3 is 11.9 Å². The number of nitrogens with zero attached hydrogens (tertiary/aromatic N) is 1. The fraction of sp³-hybridized carbons (Fsp3) is 0.333. The van der Waals surface area contributed by atoms with Crippen LogP contribution >= 0.6 is 0 Å². The summed E-state index contributed by atoms with van der Waals surface area (Å²) < 4.78 is 10.0. The molecule has 0 bridgehead atoms. The zero-order valence-electron chi connectivity index (χ0n) is 18.1. The van der Waals surface area contributed by atoms with Crippen LogP contribution in [0.15, 0.2) is 48.5 Å². The molecule has 1 fully saturated rings. The molecule has 1 N–H and O–H groups in total. The summed E-state index contributed by atoms with van der Waals surface area (Å²) in [5, 5.41) is 2.59. The van der Waals surface area contributed by atoms with E-state index in [9.17, 15) is 19.2 Å². The van der Waals surface area contributed by atoms with Crippen LogP contribution in [0.4, 0.5) is 11.4 Å². The average Bonchev–Trinajstić information content (AvgIpc) is 3.20. The molecule has 2 aromatic carbocycles. The van der Waals surface area contributed by atoms with Gasteiger partial charge in [-0.1, -0.05) is 19.1 Å². The number of amides is 2. The molecular formula is C24H26N2O6. The highest BCUT2D eigenvalue weighted by Gasteiger charge is 2.36. The van der Waals surface area contributed by atoms with Gasteiger partial charge in [-0.3, -0.25) is 14.4 Å². The number of benzene rings is 2. The van der Waals surface area contributed by atoms with Crippen LogP contribution in [0, 0.1) is 5.92 Å². The van der Waals surface area contributed by atoms with Crippen molar-refractivity contribution in [1.29, 1.82) is 0 Å². The van der Waals surface area contributed by atoms with Crippen LogP contribution in [-0.2, 0) is 30.3 Å². The maximum atomic E-state index is 12.4. The van der Waals surface area contributed by atoms with E-state index in [4.69, 9.17) is 9.47 Å². The molecular weight excluding hydrogens is 412 g/mol. The molecule has 1 saturated heterocycles. The van der Waals surface area contributed by atoms with Crippen molar-refractivity contribution >= 4 is 35.1 Å². The van der Waals surface area contributed by atoms with Gasteiger partial charge in [0.15, 0.2) is 6.61 Å². The van der Waals surface area contributed by atoms with Gasteiger partial charge in [0.2, 0.25) is 5.91 Å². The van der Waals surface area contributed by atoms with Gasteiger partial charge in [0.25, 0.3) is 5.91 Å². The molecule has 0 radical (unpaired) electrons. The maximum absolute atomic E-state index is 12.4. The third-order valence-corrected chi connectivity index (χ3v) is 5.14. The van der Waals surface area contributed by atoms with Crippen molar-refractivity contribution in [3.63, 3.8) is 0 Å². The summed E-state index contributed by atoms with van der Waals surface area (Å²) in [6.45, 7) is 3.81. The zero-order chi connectivity index (χ0) is 23.1. The van der Waals surface area contributed by atoms with E-state index in [0.717, 1.165) is 17.7 Å². The van der Waals surface area contributed by atoms with Gasteiger partial charge in [0.1, 0.15) is 0 Å². The Labute approximate surface area is 186 Å². The molecule has 0 saturated carbocycles. The van der Waals surface area contributed by atoms with Crippen LogP contribution in [-0.4, -0.2) is 43.5 Å². The van der Waals surface area contributed by atoms with Gasteiger partial charge in [0.05, 0.1) is 18.1 Å². The van der Waals surface area contributed by atoms with Crippen molar-refractivity contribution in [2.45, 2.75) is 26.7 Å². The summed E-state index contributed by atoms with van der Waals surface area (Å²) in [5.74, 6) is -2.31. The predicted octanol–water partition coefficient (Wildman–Crippen LogP) is 2.96. The summed E-state index contributed by atoms with van der Waals surface area (Å²) in [6.07, 6.45) is 0.950. The van der Waals surface area contributed by atoms with Crippen LogP contribution in [0.2, 0.25) is 0 Å². The van der Waals surface area contributed by atoms with Crippen molar-refractivity contribution in [2.75, 3.05) is 30.0 Å². The molecule has 1 heterocycles. The second-order valence-electron chi connectivity index (χ2n) is 7.38. The number of esters is 2. The Bertz CT molecular complexity index is 985. The number of carbonyl (C=O) groups is 4. The van der Waals surface area contributed by atoms with Crippen LogP contribution < -0.4 is 10.2 Å². The first-order valence-corrected chi connectivity index (χ1v) is 10.5. The Morgan fingerprint density at radius 2 is 1.69 bits per heavy atom. The lowest BCUT2D eigenvalue weighted by Crippen LogP contribution is -2.28. The Kier molecular flexibility index (Phi) is 7.59. The molecule has 1 aliphatic rings. The normalized spacial score (nSPS) is 15.4. The Balaban J connectivity index is 1.48. The van der Waals surface area contributed by atoms with Crippen molar-refractivity contribution in [1.82, 2.24) is 0 Å². The molecule has 2 amide bonds. The fourth-order valence-corrected chi connectivity index (χ4v) is 3.38. The molecule has 2 aromatic rings. The molecule has 0 aliphatic carbocycles. The summed E-state index contributed by atoms with van der Waals surface area (Å²) in [5.41, 5.74) is 2.73. The Morgan fingerprint density at radius 1 is 1.00 bits per heavy atom. The summed E-state index contributed by atoms with van der Waals surface area (Å²) in [4.78, 5) is 50.0. The molecule has 168 valence electrons. The van der Waals surface area contributed by atoms with E-state index in [-0.39, 0.29) is 25.5 Å². The molecule has 8 heteroatoms. The van der Waals surface area contributed by atoms with Crippen LogP contribution in [0.5, 0.6) is 0 Å². The lowest BCUT2D eigenvalue weighted by molar-refractivity contribution is -0.151. The highest BCUT2D eigenvalue weighted by atomic mass is 16.5. The van der Waals surface area contributed by atoms with E-state index >= 15 is 0 Å². The SMILES string of the molecule is CCOC(=O)c1ccc(NC(=O)COC(=O)[C@H]2CC(=O)N(c3ccc(CC)cc3)C2)cc1. The van der Waals surface area contributed by atoms with E-state index in [0.29, 0.717) is 11.3 Å². The first-order chi connectivity index (χ1) is 15.4. The van der Waals surface area contributed by atoms with Gasteiger partial charge < -0.3 is 19.7 Å². The number of nitrogens with one attached hydrogen (secondary N) is 1. The maximum Gasteiger partial charge on any atom is 0.338 e. The summed E-state index contributed by atoms with van der Waals surface area (Å²) in [7, 11) is 0. The Hall–Kier alpha value is -3.68. The van der Waals surface area contributed by atoms with Crippen LogP contribution in [0.25, 0.3) is 0 Å². The number of anilines is 2. The lowest BCUT2D eigenvalue weighted by Gasteiger charge is -2.17. The van der Waals surface area contributed by atoms with E-state index in [1.54, 1.807) is 24.0 Å². The second kappa shape index (κ2) is 10.6. The van der Waals surface area contributed by atoms with Crippen molar-refractivity contribution in [2.24, 2.45) is 5.92 Å². The van der Waals surface area contributed by atoms with E-state index < -0.39 is 30.4 Å². The Morgan fingerprint density at radius 3 is 2.31 bits per heavy atom. The van der Waals surface area contributed by atoms with E-state index in [2.05, 4.69) is 12.2 Å². The number of hydrogen-bond donors (Lipinski definition) is 1. The standard InChI is InChI=1S/C24H26N2O6/c1-3-16-5-11-20(12-6-16)26-14-18(13-22(26)28)24(30)32-15-21(27)25-19-9-7-17(8-10-19)23(29)31-4-2/h5-12,18H,3-4,13-15H2,1-2H3,(H,25,27)/t18-/m0/s1. The monoisotopic (exact) mass is 438 g/mol. The molecule has 3 rings (SSSR count). The molecule has 8 nitrogen and oxygen atoms in total. The lowest BCUT2D eigenvalue weighted by atomic mass is 10.1. The number of hydrogen-bond acceptors (Lipinski definition) is 6. The van der Waals surface area contributed by atoms with Crippen LogP contribution in [0.3, 0.4) is 0 Å². The zero-order valence-corrected chi connectivity index (χ0v) is 18.1. The molecule has 0 aromatic heterocycles. The summed E-state index contributed by atoms with van der Waals surface area (Å²) in [6, 6.07) is 13.8. The topological polar surface area (TPSA) is 102 Å². The second-order valence-corrected chi connectivity index (χ2v) is 7.38. The molecule has 1 aliphatic heterocycles. The number of ether oxygens (including phenoxy) is 2. The first-order valence-electron chi connectivity index (χ1n) is 10.5. The smallest absolute Gasteiger partial charge is 0.338 e. The van der Waals surface area contributed by atoms with Crippen LogP contribution in [0.1, 0.15) is 36.2 Å². The average molecular weight is 438 g/mol. The largest absolute Gasteiger partial charge is 0.462 e. The van der Waals surface area contributed by atoms with Gasteiger partial charge in [-0.05, 0) is 55.3 Å². The van der Waals surface area contributed by atoms with Crippen molar-refractivity contribution in [3.8, 4) is 0 Å². The predicted molar refractivity (Wildman–Crippen MR) is 118 cm³/mol. The van der Waals surface area contributed by atoms with Crippen molar-refractivity contribution < 1.29 is 28.7 Å². The van der Waals surface area contributed by atoms with Gasteiger partial charge in [-0.2, -0.15) is 0 Å². The number of carbonyl (C=O) groups excluding carboxylic acids is 4. The summed E-state index contributed by atoms with van der Waals surface area (Å²) >= 11 is 0. The first kappa shape index (κ1) is 23.0. The molecule has 0 unspecified atom stereocenters. The number of aryl methyl sites for hydroxylation is 1. The van der Waals surface area contributed by atoms with Crippen molar-refractivity contribution in [3.05, 3.63) is 59.7 Å². The van der Waals surface area contributed by atoms with E-state index in [1.807, 2.05) is 24.3 Å². The number of rotatable bonds is 8. The van der Waals surface area contributed by atoms with Gasteiger partial charge in [0, 0.05) is 24.3 Å². The minimum atomic E-state index is -0.620. The fourth-order valence-electron chi connectivity index (χ4n) is 3.38. The molecule has 0 spiro atoms. The molecule has 32 heavy (non-hydrogen) atoms.